The van der Waals surface area contributed by atoms with Crippen molar-refractivity contribution in [1.29, 1.82) is 0 Å². The van der Waals surface area contributed by atoms with Gasteiger partial charge in [-0.2, -0.15) is 0 Å². The third-order valence-electron chi connectivity index (χ3n) is 3.33. The molecule has 2 unspecified atom stereocenters. The summed E-state index contributed by atoms with van der Waals surface area (Å²) >= 11 is 0. The van der Waals surface area contributed by atoms with Crippen molar-refractivity contribution in [2.45, 2.75) is 79.1 Å². The number of hydrogen-bond acceptors (Lipinski definition) is 0. The average molecular weight is 224 g/mol. The first-order valence-corrected chi connectivity index (χ1v) is 7.35. The van der Waals surface area contributed by atoms with Crippen molar-refractivity contribution in [3.63, 3.8) is 0 Å². The van der Waals surface area contributed by atoms with Gasteiger partial charge in [0.05, 0.1) is 0 Å². The molecule has 0 spiro atoms. The van der Waals surface area contributed by atoms with Gasteiger partial charge in [-0.05, 0) is 24.7 Å². The maximum atomic E-state index is 2.41. The molecular formula is C16H32. The average Bonchev–Trinajstić information content (AvgIpc) is 2.25. The summed E-state index contributed by atoms with van der Waals surface area (Å²) in [7, 11) is 0. The van der Waals surface area contributed by atoms with Crippen LogP contribution in [0.5, 0.6) is 0 Å². The number of allylic oxidation sites excluding steroid dienone is 2. The van der Waals surface area contributed by atoms with Gasteiger partial charge in [0.2, 0.25) is 0 Å². The molecule has 0 fully saturated rings. The van der Waals surface area contributed by atoms with Gasteiger partial charge in [0.1, 0.15) is 0 Å². The van der Waals surface area contributed by atoms with E-state index in [4.69, 9.17) is 0 Å². The number of hydrogen-bond donors (Lipinski definition) is 0. The Bertz CT molecular complexity index is 157. The first kappa shape index (κ1) is 15.7. The van der Waals surface area contributed by atoms with Crippen LogP contribution in [0.2, 0.25) is 0 Å². The van der Waals surface area contributed by atoms with Gasteiger partial charge in [0.15, 0.2) is 0 Å². The Morgan fingerprint density at radius 2 is 1.31 bits per heavy atom. The standard InChI is InChI=1S/C16H32/c1-5-7-8-12-16(4)14-10-9-13-15(3)11-6-2/h9-10,15-16H,5-8,11-14H2,1-4H3/b10-9+. The summed E-state index contributed by atoms with van der Waals surface area (Å²) in [5.41, 5.74) is 0. The predicted octanol–water partition coefficient (Wildman–Crippen LogP) is 5.98. The zero-order valence-corrected chi connectivity index (χ0v) is 12.0. The van der Waals surface area contributed by atoms with Gasteiger partial charge in [-0.3, -0.25) is 0 Å². The zero-order chi connectivity index (χ0) is 12.2. The molecule has 0 aromatic heterocycles. The van der Waals surface area contributed by atoms with Gasteiger partial charge in [0.25, 0.3) is 0 Å². The van der Waals surface area contributed by atoms with Crippen molar-refractivity contribution in [2.75, 3.05) is 0 Å². The van der Waals surface area contributed by atoms with Crippen LogP contribution in [0.25, 0.3) is 0 Å². The second kappa shape index (κ2) is 11.2. The molecule has 0 saturated carbocycles. The highest BCUT2D eigenvalue weighted by atomic mass is 14.1. The molecule has 2 atom stereocenters. The fourth-order valence-corrected chi connectivity index (χ4v) is 2.13. The van der Waals surface area contributed by atoms with E-state index in [2.05, 4.69) is 39.8 Å². The molecule has 16 heavy (non-hydrogen) atoms. The molecule has 0 aliphatic heterocycles. The SMILES string of the molecule is CCCCCC(C)C/C=C/CC(C)CCC. The minimum atomic E-state index is 0.872. The van der Waals surface area contributed by atoms with Gasteiger partial charge >= 0.3 is 0 Å². The highest BCUT2D eigenvalue weighted by Gasteiger charge is 1.99. The summed E-state index contributed by atoms with van der Waals surface area (Å²) in [5.74, 6) is 1.75. The van der Waals surface area contributed by atoms with Gasteiger partial charge < -0.3 is 0 Å². The smallest absolute Gasteiger partial charge is 0.0325 e. The third-order valence-corrected chi connectivity index (χ3v) is 3.33. The van der Waals surface area contributed by atoms with E-state index in [0.29, 0.717) is 0 Å². The van der Waals surface area contributed by atoms with Crippen LogP contribution in [0.1, 0.15) is 79.1 Å². The lowest BCUT2D eigenvalue weighted by Gasteiger charge is -2.08. The molecule has 0 aromatic carbocycles. The third kappa shape index (κ3) is 10.3. The highest BCUT2D eigenvalue weighted by Crippen LogP contribution is 2.15. The van der Waals surface area contributed by atoms with Crippen LogP contribution in [0.15, 0.2) is 12.2 Å². The van der Waals surface area contributed by atoms with E-state index < -0.39 is 0 Å². The summed E-state index contributed by atoms with van der Waals surface area (Å²) in [4.78, 5) is 0. The fraction of sp³-hybridized carbons (Fsp3) is 0.875. The van der Waals surface area contributed by atoms with E-state index in [1.807, 2.05) is 0 Å². The summed E-state index contributed by atoms with van der Waals surface area (Å²) in [6, 6.07) is 0. The predicted molar refractivity (Wildman–Crippen MR) is 75.8 cm³/mol. The Kier molecular flexibility index (Phi) is 11.0. The Balaban J connectivity index is 3.43. The summed E-state index contributed by atoms with van der Waals surface area (Å²) < 4.78 is 0. The molecule has 0 nitrogen and oxygen atoms in total. The van der Waals surface area contributed by atoms with Crippen molar-refractivity contribution < 1.29 is 0 Å². The zero-order valence-electron chi connectivity index (χ0n) is 12.0. The molecule has 0 aromatic rings. The highest BCUT2D eigenvalue weighted by molar-refractivity contribution is 4.84. The van der Waals surface area contributed by atoms with Crippen molar-refractivity contribution in [2.24, 2.45) is 11.8 Å². The van der Waals surface area contributed by atoms with Crippen LogP contribution in [-0.4, -0.2) is 0 Å². The Hall–Kier alpha value is -0.260. The van der Waals surface area contributed by atoms with E-state index >= 15 is 0 Å². The molecule has 0 amide bonds. The molecule has 0 aliphatic carbocycles. The fourth-order valence-electron chi connectivity index (χ4n) is 2.13. The first-order chi connectivity index (χ1) is 7.70. The van der Waals surface area contributed by atoms with Crippen molar-refractivity contribution in [1.82, 2.24) is 0 Å². The largest absolute Gasteiger partial charge is 0.0883 e. The van der Waals surface area contributed by atoms with Crippen LogP contribution in [-0.2, 0) is 0 Å². The monoisotopic (exact) mass is 224 g/mol. The first-order valence-electron chi connectivity index (χ1n) is 7.35. The summed E-state index contributed by atoms with van der Waals surface area (Å²) in [6.07, 6.45) is 15.6. The van der Waals surface area contributed by atoms with Crippen LogP contribution < -0.4 is 0 Å². The lowest BCUT2D eigenvalue weighted by atomic mass is 9.98. The molecule has 0 rings (SSSR count). The van der Waals surface area contributed by atoms with E-state index in [-0.39, 0.29) is 0 Å². The van der Waals surface area contributed by atoms with Crippen molar-refractivity contribution in [3.05, 3.63) is 12.2 Å². The van der Waals surface area contributed by atoms with Crippen LogP contribution in [0.3, 0.4) is 0 Å². The van der Waals surface area contributed by atoms with Crippen molar-refractivity contribution >= 4 is 0 Å². The summed E-state index contributed by atoms with van der Waals surface area (Å²) in [5, 5.41) is 0. The van der Waals surface area contributed by atoms with Crippen LogP contribution in [0, 0.1) is 11.8 Å². The van der Waals surface area contributed by atoms with E-state index in [1.54, 1.807) is 0 Å². The minimum Gasteiger partial charge on any atom is -0.0883 e. The quantitative estimate of drug-likeness (QED) is 0.316. The normalized spacial score (nSPS) is 15.5. The van der Waals surface area contributed by atoms with E-state index in [1.165, 1.54) is 51.4 Å². The van der Waals surface area contributed by atoms with Gasteiger partial charge in [-0.1, -0.05) is 78.4 Å². The molecule has 0 heterocycles. The van der Waals surface area contributed by atoms with Crippen LogP contribution in [0.4, 0.5) is 0 Å². The molecule has 96 valence electrons. The second-order valence-corrected chi connectivity index (χ2v) is 5.44. The van der Waals surface area contributed by atoms with Gasteiger partial charge in [-0.15, -0.1) is 0 Å². The Morgan fingerprint density at radius 3 is 1.81 bits per heavy atom. The van der Waals surface area contributed by atoms with E-state index in [0.717, 1.165) is 11.8 Å². The minimum absolute atomic E-state index is 0.872. The van der Waals surface area contributed by atoms with Crippen LogP contribution >= 0.6 is 0 Å². The Morgan fingerprint density at radius 1 is 0.750 bits per heavy atom. The molecule has 0 saturated heterocycles. The molecule has 0 N–H and O–H groups in total. The molecule has 0 bridgehead atoms. The lowest BCUT2D eigenvalue weighted by molar-refractivity contribution is 0.497. The van der Waals surface area contributed by atoms with E-state index in [9.17, 15) is 0 Å². The molecule has 0 radical (unpaired) electrons. The topological polar surface area (TPSA) is 0 Å². The van der Waals surface area contributed by atoms with Gasteiger partial charge in [-0.25, -0.2) is 0 Å². The maximum Gasteiger partial charge on any atom is -0.0325 e. The van der Waals surface area contributed by atoms with Gasteiger partial charge in [0, 0.05) is 0 Å². The molecular weight excluding hydrogens is 192 g/mol. The molecule has 0 heteroatoms. The lowest BCUT2D eigenvalue weighted by Crippen LogP contribution is -1.93. The molecule has 0 aliphatic rings. The summed E-state index contributed by atoms with van der Waals surface area (Å²) in [6.45, 7) is 9.30. The number of rotatable bonds is 10. The Labute approximate surface area is 104 Å². The maximum absolute atomic E-state index is 2.41. The van der Waals surface area contributed by atoms with Crippen molar-refractivity contribution in [3.8, 4) is 0 Å². The number of unbranched alkanes of at least 4 members (excludes halogenated alkanes) is 2. The second-order valence-electron chi connectivity index (χ2n) is 5.44.